The number of aromatic nitrogens is 1. The SMILES string of the molecule is O=[N+]([O-])c1cccc(-c2csc(N/N=C\c3c(Cl)cccc3Cl)n2)c1. The molecule has 0 spiro atoms. The van der Waals surface area contributed by atoms with Gasteiger partial charge in [0.05, 0.1) is 26.9 Å². The van der Waals surface area contributed by atoms with Crippen LogP contribution in [0.15, 0.2) is 52.9 Å². The van der Waals surface area contributed by atoms with E-state index in [1.54, 1.807) is 35.7 Å². The summed E-state index contributed by atoms with van der Waals surface area (Å²) in [4.78, 5) is 14.8. The monoisotopic (exact) mass is 392 g/mol. The van der Waals surface area contributed by atoms with Gasteiger partial charge in [0.1, 0.15) is 0 Å². The largest absolute Gasteiger partial charge is 0.270 e. The van der Waals surface area contributed by atoms with E-state index < -0.39 is 4.92 Å². The second kappa shape index (κ2) is 7.60. The molecule has 0 unspecified atom stereocenters. The Morgan fingerprint density at radius 3 is 2.64 bits per heavy atom. The van der Waals surface area contributed by atoms with Gasteiger partial charge < -0.3 is 0 Å². The minimum atomic E-state index is -0.438. The fraction of sp³-hybridized carbons (Fsp3) is 0. The Kier molecular flexibility index (Phi) is 5.28. The molecule has 126 valence electrons. The second-order valence-corrected chi connectivity index (χ2v) is 6.52. The molecule has 3 aromatic rings. The summed E-state index contributed by atoms with van der Waals surface area (Å²) < 4.78 is 0. The number of nitro benzene ring substituents is 1. The third-order valence-electron chi connectivity index (χ3n) is 3.21. The number of hydrogen-bond donors (Lipinski definition) is 1. The van der Waals surface area contributed by atoms with Crippen LogP contribution in [0.25, 0.3) is 11.3 Å². The van der Waals surface area contributed by atoms with Crippen molar-refractivity contribution in [2.75, 3.05) is 5.43 Å². The fourth-order valence-corrected chi connectivity index (χ4v) is 3.19. The third-order valence-corrected chi connectivity index (χ3v) is 4.62. The van der Waals surface area contributed by atoms with E-state index in [2.05, 4.69) is 15.5 Å². The van der Waals surface area contributed by atoms with Crippen LogP contribution in [0.3, 0.4) is 0 Å². The minimum Gasteiger partial charge on any atom is -0.258 e. The Bertz CT molecular complexity index is 939. The van der Waals surface area contributed by atoms with Gasteiger partial charge in [-0.05, 0) is 12.1 Å². The first kappa shape index (κ1) is 17.3. The van der Waals surface area contributed by atoms with Crippen molar-refractivity contribution in [1.82, 2.24) is 4.98 Å². The fourth-order valence-electron chi connectivity index (χ4n) is 2.02. The van der Waals surface area contributed by atoms with E-state index in [-0.39, 0.29) is 5.69 Å². The van der Waals surface area contributed by atoms with Crippen LogP contribution >= 0.6 is 34.5 Å². The molecule has 1 N–H and O–H groups in total. The molecular formula is C16H10Cl2N4O2S. The molecule has 0 bridgehead atoms. The molecular weight excluding hydrogens is 383 g/mol. The van der Waals surface area contributed by atoms with E-state index in [0.717, 1.165) is 0 Å². The Hall–Kier alpha value is -2.48. The number of hydrazone groups is 1. The number of nitrogens with zero attached hydrogens (tertiary/aromatic N) is 3. The summed E-state index contributed by atoms with van der Waals surface area (Å²) in [6.07, 6.45) is 1.51. The predicted octanol–water partition coefficient (Wildman–Crippen LogP) is 5.47. The molecule has 0 aliphatic heterocycles. The zero-order valence-corrected chi connectivity index (χ0v) is 14.8. The van der Waals surface area contributed by atoms with E-state index >= 15 is 0 Å². The molecule has 1 aromatic heterocycles. The van der Waals surface area contributed by atoms with Crippen molar-refractivity contribution in [1.29, 1.82) is 0 Å². The quantitative estimate of drug-likeness (QED) is 0.354. The Balaban J connectivity index is 1.75. The van der Waals surface area contributed by atoms with Crippen molar-refractivity contribution >= 4 is 51.6 Å². The van der Waals surface area contributed by atoms with E-state index in [1.165, 1.54) is 29.7 Å². The second-order valence-electron chi connectivity index (χ2n) is 4.85. The van der Waals surface area contributed by atoms with Gasteiger partial charge in [-0.25, -0.2) is 4.98 Å². The number of benzene rings is 2. The summed E-state index contributed by atoms with van der Waals surface area (Å²) >= 11 is 13.5. The van der Waals surface area contributed by atoms with Crippen LogP contribution in [-0.2, 0) is 0 Å². The van der Waals surface area contributed by atoms with Crippen LogP contribution in [0.1, 0.15) is 5.56 Å². The van der Waals surface area contributed by atoms with E-state index in [1.807, 2.05) is 0 Å². The van der Waals surface area contributed by atoms with Gasteiger partial charge >= 0.3 is 0 Å². The Morgan fingerprint density at radius 2 is 1.92 bits per heavy atom. The van der Waals surface area contributed by atoms with Crippen molar-refractivity contribution in [3.8, 4) is 11.3 Å². The van der Waals surface area contributed by atoms with Crippen LogP contribution in [0.4, 0.5) is 10.8 Å². The molecule has 0 fully saturated rings. The number of rotatable bonds is 5. The number of non-ortho nitro benzene ring substituents is 1. The molecule has 0 saturated heterocycles. The minimum absolute atomic E-state index is 0.0198. The highest BCUT2D eigenvalue weighted by atomic mass is 35.5. The maximum atomic E-state index is 10.9. The summed E-state index contributed by atoms with van der Waals surface area (Å²) in [6, 6.07) is 11.5. The van der Waals surface area contributed by atoms with Crippen LogP contribution in [0.5, 0.6) is 0 Å². The number of nitrogens with one attached hydrogen (secondary N) is 1. The first-order chi connectivity index (χ1) is 12.0. The number of nitro groups is 1. The summed E-state index contributed by atoms with van der Waals surface area (Å²) in [6.45, 7) is 0. The lowest BCUT2D eigenvalue weighted by molar-refractivity contribution is -0.384. The predicted molar refractivity (Wildman–Crippen MR) is 102 cm³/mol. The number of hydrogen-bond acceptors (Lipinski definition) is 6. The van der Waals surface area contributed by atoms with Gasteiger partial charge in [-0.15, -0.1) is 11.3 Å². The van der Waals surface area contributed by atoms with Crippen LogP contribution in [0, 0.1) is 10.1 Å². The van der Waals surface area contributed by atoms with Gasteiger partial charge in [-0.1, -0.05) is 41.4 Å². The molecule has 1 heterocycles. The average Bonchev–Trinajstić information content (AvgIpc) is 3.06. The third kappa shape index (κ3) is 4.14. The molecule has 0 saturated carbocycles. The number of anilines is 1. The molecule has 6 nitrogen and oxygen atoms in total. The smallest absolute Gasteiger partial charge is 0.258 e. The van der Waals surface area contributed by atoms with Gasteiger partial charge in [-0.2, -0.15) is 5.10 Å². The lowest BCUT2D eigenvalue weighted by Crippen LogP contribution is -1.92. The van der Waals surface area contributed by atoms with Gasteiger partial charge in [0.2, 0.25) is 5.13 Å². The first-order valence-electron chi connectivity index (χ1n) is 6.98. The summed E-state index contributed by atoms with van der Waals surface area (Å²) in [5.41, 5.74) is 4.72. The van der Waals surface area contributed by atoms with Gasteiger partial charge in [-0.3, -0.25) is 15.5 Å². The van der Waals surface area contributed by atoms with Crippen LogP contribution in [-0.4, -0.2) is 16.1 Å². The number of thiazole rings is 1. The normalized spacial score (nSPS) is 11.0. The molecule has 2 aromatic carbocycles. The van der Waals surface area contributed by atoms with Crippen molar-refractivity contribution in [3.63, 3.8) is 0 Å². The van der Waals surface area contributed by atoms with Crippen LogP contribution in [0.2, 0.25) is 10.0 Å². The van der Waals surface area contributed by atoms with Crippen molar-refractivity contribution in [2.24, 2.45) is 5.10 Å². The molecule has 25 heavy (non-hydrogen) atoms. The topological polar surface area (TPSA) is 80.4 Å². The zero-order chi connectivity index (χ0) is 17.8. The molecule has 0 atom stereocenters. The molecule has 0 aliphatic carbocycles. The van der Waals surface area contributed by atoms with E-state index in [9.17, 15) is 10.1 Å². The number of halogens is 2. The lowest BCUT2D eigenvalue weighted by atomic mass is 10.1. The summed E-state index contributed by atoms with van der Waals surface area (Å²) in [5.74, 6) is 0. The molecule has 3 rings (SSSR count). The highest BCUT2D eigenvalue weighted by Crippen LogP contribution is 2.27. The maximum absolute atomic E-state index is 10.9. The van der Waals surface area contributed by atoms with Gasteiger partial charge in [0, 0.05) is 28.6 Å². The first-order valence-corrected chi connectivity index (χ1v) is 8.61. The molecule has 0 amide bonds. The highest BCUT2D eigenvalue weighted by Gasteiger charge is 2.10. The maximum Gasteiger partial charge on any atom is 0.270 e. The lowest BCUT2D eigenvalue weighted by Gasteiger charge is -2.00. The highest BCUT2D eigenvalue weighted by molar-refractivity contribution is 7.14. The van der Waals surface area contributed by atoms with Crippen molar-refractivity contribution < 1.29 is 4.92 Å². The summed E-state index contributed by atoms with van der Waals surface area (Å²) in [7, 11) is 0. The van der Waals surface area contributed by atoms with E-state index in [0.29, 0.717) is 32.0 Å². The molecule has 0 aliphatic rings. The van der Waals surface area contributed by atoms with Crippen molar-refractivity contribution in [3.05, 3.63) is 73.6 Å². The zero-order valence-electron chi connectivity index (χ0n) is 12.5. The standard InChI is InChI=1S/C16H10Cl2N4O2S/c17-13-5-2-6-14(18)12(13)8-19-21-16-20-15(9-25-16)10-3-1-4-11(7-10)22(23)24/h1-9H,(H,20,21)/b19-8-. The van der Waals surface area contributed by atoms with Gasteiger partial charge in [0.15, 0.2) is 0 Å². The molecule has 9 heteroatoms. The van der Waals surface area contributed by atoms with Crippen LogP contribution < -0.4 is 5.43 Å². The van der Waals surface area contributed by atoms with E-state index in [4.69, 9.17) is 23.2 Å². The van der Waals surface area contributed by atoms with Crippen molar-refractivity contribution in [2.45, 2.75) is 0 Å². The molecule has 0 radical (unpaired) electrons. The van der Waals surface area contributed by atoms with Gasteiger partial charge in [0.25, 0.3) is 5.69 Å². The Labute approximate surface area is 156 Å². The Morgan fingerprint density at radius 1 is 1.20 bits per heavy atom. The summed E-state index contributed by atoms with van der Waals surface area (Å²) in [5, 5.41) is 18.3. The average molecular weight is 393 g/mol.